The van der Waals surface area contributed by atoms with E-state index in [1.165, 1.54) is 51.4 Å². The Balaban J connectivity index is 1.59. The lowest BCUT2D eigenvalue weighted by Crippen LogP contribution is -2.48. The number of rotatable bonds is 5. The number of hydrogen-bond donors (Lipinski definition) is 1. The van der Waals surface area contributed by atoms with Crippen molar-refractivity contribution in [3.05, 3.63) is 0 Å². The molecule has 2 N–H and O–H groups in total. The lowest BCUT2D eigenvalue weighted by Gasteiger charge is -2.36. The molecule has 0 bridgehead atoms. The van der Waals surface area contributed by atoms with Crippen LogP contribution in [0.1, 0.15) is 57.8 Å². The van der Waals surface area contributed by atoms with E-state index in [0.29, 0.717) is 24.9 Å². The molecule has 1 aliphatic carbocycles. The van der Waals surface area contributed by atoms with E-state index in [1.807, 2.05) is 4.90 Å². The highest BCUT2D eigenvalue weighted by Crippen LogP contribution is 2.36. The maximum atomic E-state index is 12.4. The monoisotopic (exact) mass is 293 g/mol. The van der Waals surface area contributed by atoms with Crippen molar-refractivity contribution in [3.8, 4) is 0 Å². The maximum absolute atomic E-state index is 12.4. The molecular weight excluding hydrogens is 262 g/mol. The summed E-state index contributed by atoms with van der Waals surface area (Å²) >= 11 is 0. The molecule has 2 saturated heterocycles. The van der Waals surface area contributed by atoms with Gasteiger partial charge >= 0.3 is 0 Å². The van der Waals surface area contributed by atoms with Gasteiger partial charge in [0.05, 0.1) is 0 Å². The predicted octanol–water partition coefficient (Wildman–Crippen LogP) is 1.98. The van der Waals surface area contributed by atoms with Crippen LogP contribution < -0.4 is 5.73 Å². The van der Waals surface area contributed by atoms with Gasteiger partial charge in [0.25, 0.3) is 0 Å². The van der Waals surface area contributed by atoms with Crippen LogP contribution in [0, 0.1) is 5.92 Å². The van der Waals surface area contributed by atoms with Gasteiger partial charge in [-0.2, -0.15) is 0 Å². The van der Waals surface area contributed by atoms with Gasteiger partial charge in [0.2, 0.25) is 5.91 Å². The van der Waals surface area contributed by atoms with Gasteiger partial charge in [0.15, 0.2) is 0 Å². The van der Waals surface area contributed by atoms with Crippen molar-refractivity contribution in [3.63, 3.8) is 0 Å². The van der Waals surface area contributed by atoms with Gasteiger partial charge < -0.3 is 10.6 Å². The highest BCUT2D eigenvalue weighted by Gasteiger charge is 2.37. The maximum Gasteiger partial charge on any atom is 0.224 e. The number of hydrogen-bond acceptors (Lipinski definition) is 3. The molecule has 0 aromatic heterocycles. The molecule has 1 amide bonds. The third kappa shape index (κ3) is 3.42. The van der Waals surface area contributed by atoms with E-state index in [1.54, 1.807) is 0 Å². The average Bonchev–Trinajstić information content (AvgIpc) is 3.25. The lowest BCUT2D eigenvalue weighted by molar-refractivity contribution is -0.131. The van der Waals surface area contributed by atoms with E-state index < -0.39 is 0 Å². The normalized spacial score (nSPS) is 29.4. The number of nitrogens with two attached hydrogens (primary N) is 1. The van der Waals surface area contributed by atoms with Crippen molar-refractivity contribution in [2.75, 3.05) is 26.2 Å². The molecule has 0 aromatic rings. The van der Waals surface area contributed by atoms with Crippen molar-refractivity contribution in [2.24, 2.45) is 11.7 Å². The van der Waals surface area contributed by atoms with Crippen LogP contribution in [0.2, 0.25) is 0 Å². The van der Waals surface area contributed by atoms with Crippen molar-refractivity contribution in [1.29, 1.82) is 0 Å². The zero-order chi connectivity index (χ0) is 14.7. The first-order chi connectivity index (χ1) is 10.3. The molecule has 2 atom stereocenters. The first-order valence-electron chi connectivity index (χ1n) is 9.03. The molecule has 2 unspecified atom stereocenters. The molecule has 3 aliphatic rings. The van der Waals surface area contributed by atoms with E-state index in [-0.39, 0.29) is 6.04 Å². The third-order valence-corrected chi connectivity index (χ3v) is 5.90. The van der Waals surface area contributed by atoms with Crippen molar-refractivity contribution in [1.82, 2.24) is 9.80 Å². The molecule has 3 fully saturated rings. The third-order valence-electron chi connectivity index (χ3n) is 5.90. The second kappa shape index (κ2) is 7.10. The molecule has 2 aliphatic heterocycles. The molecule has 0 spiro atoms. The number of carbonyl (C=O) groups is 1. The van der Waals surface area contributed by atoms with Gasteiger partial charge in [-0.15, -0.1) is 0 Å². The molecule has 4 nitrogen and oxygen atoms in total. The number of likely N-dealkylation sites (tertiary alicyclic amines) is 2. The molecule has 21 heavy (non-hydrogen) atoms. The van der Waals surface area contributed by atoms with Crippen LogP contribution in [0.4, 0.5) is 0 Å². The van der Waals surface area contributed by atoms with Crippen LogP contribution in [0.5, 0.6) is 0 Å². The Morgan fingerprint density at radius 1 is 1.00 bits per heavy atom. The lowest BCUT2D eigenvalue weighted by atomic mass is 9.94. The standard InChI is InChI=1S/C17H31N3O/c18-13-15(12-17(21)19-9-3-4-10-19)20-11-5-8-16(20)14-6-1-2-7-14/h14-16H,1-13,18H2. The second-order valence-corrected chi connectivity index (χ2v) is 7.17. The second-order valence-electron chi connectivity index (χ2n) is 7.17. The van der Waals surface area contributed by atoms with Gasteiger partial charge in [-0.25, -0.2) is 0 Å². The van der Waals surface area contributed by atoms with Crippen molar-refractivity contribution in [2.45, 2.75) is 69.9 Å². The van der Waals surface area contributed by atoms with Gasteiger partial charge in [-0.1, -0.05) is 12.8 Å². The van der Waals surface area contributed by atoms with Gasteiger partial charge in [-0.3, -0.25) is 9.69 Å². The molecular formula is C17H31N3O. The summed E-state index contributed by atoms with van der Waals surface area (Å²) in [6, 6.07) is 0.971. The smallest absolute Gasteiger partial charge is 0.224 e. The summed E-state index contributed by atoms with van der Waals surface area (Å²) in [6.07, 6.45) is 11.2. The summed E-state index contributed by atoms with van der Waals surface area (Å²) in [4.78, 5) is 17.1. The van der Waals surface area contributed by atoms with Crippen molar-refractivity contribution >= 4 is 5.91 Å². The summed E-state index contributed by atoms with van der Waals surface area (Å²) in [5, 5.41) is 0. The number of nitrogens with zero attached hydrogens (tertiary/aromatic N) is 2. The highest BCUT2D eigenvalue weighted by atomic mass is 16.2. The van der Waals surface area contributed by atoms with Gasteiger partial charge in [0, 0.05) is 38.1 Å². The number of carbonyl (C=O) groups excluding carboxylic acids is 1. The minimum absolute atomic E-state index is 0.270. The minimum Gasteiger partial charge on any atom is -0.343 e. The van der Waals surface area contributed by atoms with Crippen LogP contribution in [0.3, 0.4) is 0 Å². The quantitative estimate of drug-likeness (QED) is 0.843. The Labute approximate surface area is 129 Å². The van der Waals surface area contributed by atoms with E-state index >= 15 is 0 Å². The predicted molar refractivity (Wildman–Crippen MR) is 85.0 cm³/mol. The number of amides is 1. The molecule has 4 heteroatoms. The van der Waals surface area contributed by atoms with E-state index in [2.05, 4.69) is 4.90 Å². The Hall–Kier alpha value is -0.610. The summed E-state index contributed by atoms with van der Waals surface area (Å²) in [5.74, 6) is 1.20. The fourth-order valence-corrected chi connectivity index (χ4v) is 4.75. The average molecular weight is 293 g/mol. The first-order valence-corrected chi connectivity index (χ1v) is 9.03. The Morgan fingerprint density at radius 3 is 2.38 bits per heavy atom. The summed E-state index contributed by atoms with van der Waals surface area (Å²) in [5.41, 5.74) is 6.05. The summed E-state index contributed by atoms with van der Waals surface area (Å²) in [7, 11) is 0. The molecule has 2 heterocycles. The van der Waals surface area contributed by atoms with Crippen LogP contribution in [0.15, 0.2) is 0 Å². The fraction of sp³-hybridized carbons (Fsp3) is 0.941. The van der Waals surface area contributed by atoms with Crippen LogP contribution in [0.25, 0.3) is 0 Å². The molecule has 1 saturated carbocycles. The minimum atomic E-state index is 0.270. The Bertz CT molecular complexity index is 348. The van der Waals surface area contributed by atoms with Crippen LogP contribution in [-0.2, 0) is 4.79 Å². The van der Waals surface area contributed by atoms with E-state index in [9.17, 15) is 4.79 Å². The Morgan fingerprint density at radius 2 is 1.71 bits per heavy atom. The molecule has 0 aromatic carbocycles. The zero-order valence-corrected chi connectivity index (χ0v) is 13.3. The van der Waals surface area contributed by atoms with E-state index in [4.69, 9.17) is 5.73 Å². The summed E-state index contributed by atoms with van der Waals surface area (Å²) in [6.45, 7) is 3.70. The van der Waals surface area contributed by atoms with Crippen LogP contribution in [-0.4, -0.2) is 54.0 Å². The fourth-order valence-electron chi connectivity index (χ4n) is 4.75. The van der Waals surface area contributed by atoms with Crippen molar-refractivity contribution < 1.29 is 4.79 Å². The van der Waals surface area contributed by atoms with Gasteiger partial charge in [0.1, 0.15) is 0 Å². The van der Waals surface area contributed by atoms with Crippen LogP contribution >= 0.6 is 0 Å². The summed E-state index contributed by atoms with van der Waals surface area (Å²) < 4.78 is 0. The SMILES string of the molecule is NCC(CC(=O)N1CCCC1)N1CCCC1C1CCCC1. The molecule has 120 valence electrons. The van der Waals surface area contributed by atoms with Gasteiger partial charge in [-0.05, 0) is 51.0 Å². The highest BCUT2D eigenvalue weighted by molar-refractivity contribution is 5.77. The first kappa shape index (κ1) is 15.3. The molecule has 0 radical (unpaired) electrons. The topological polar surface area (TPSA) is 49.6 Å². The molecule has 3 rings (SSSR count). The largest absolute Gasteiger partial charge is 0.343 e. The van der Waals surface area contributed by atoms with E-state index in [0.717, 1.165) is 25.6 Å². The zero-order valence-electron chi connectivity index (χ0n) is 13.3. The Kier molecular flexibility index (Phi) is 5.17.